The first-order valence-corrected chi connectivity index (χ1v) is 5.13. The summed E-state index contributed by atoms with van der Waals surface area (Å²) < 4.78 is 0.745. The Labute approximate surface area is 92.5 Å². The van der Waals surface area contributed by atoms with Gasteiger partial charge in [-0.3, -0.25) is 0 Å². The predicted octanol–water partition coefficient (Wildman–Crippen LogP) is 2.31. The molecule has 1 aromatic heterocycles. The molecule has 3 nitrogen and oxygen atoms in total. The first kappa shape index (κ1) is 11.0. The molecule has 1 unspecified atom stereocenters. The number of hydrogen-bond donors (Lipinski definition) is 1. The van der Waals surface area contributed by atoms with E-state index >= 15 is 0 Å². The summed E-state index contributed by atoms with van der Waals surface area (Å²) >= 11 is 3.27. The van der Waals surface area contributed by atoms with Crippen molar-refractivity contribution in [3.8, 4) is 12.3 Å². The molecule has 0 saturated carbocycles. The third-order valence-corrected chi connectivity index (χ3v) is 2.22. The zero-order chi connectivity index (χ0) is 10.6. The Morgan fingerprint density at radius 3 is 2.71 bits per heavy atom. The van der Waals surface area contributed by atoms with Crippen molar-refractivity contribution in [3.63, 3.8) is 0 Å². The molecule has 14 heavy (non-hydrogen) atoms. The molecular formula is C10H12BrN3. The van der Waals surface area contributed by atoms with Crippen LogP contribution in [-0.2, 0) is 0 Å². The molecule has 0 fully saturated rings. The number of hydrogen-bond acceptors (Lipinski definition) is 3. The number of rotatable bonds is 3. The molecule has 0 aromatic carbocycles. The fourth-order valence-electron chi connectivity index (χ4n) is 0.973. The summed E-state index contributed by atoms with van der Waals surface area (Å²) in [5, 5.41) is 3.15. The van der Waals surface area contributed by atoms with Crippen molar-refractivity contribution < 1.29 is 0 Å². The van der Waals surface area contributed by atoms with Gasteiger partial charge < -0.3 is 5.32 Å². The van der Waals surface area contributed by atoms with Crippen LogP contribution in [0.15, 0.2) is 17.0 Å². The average molecular weight is 254 g/mol. The van der Waals surface area contributed by atoms with Gasteiger partial charge in [0.1, 0.15) is 16.7 Å². The van der Waals surface area contributed by atoms with Crippen LogP contribution in [0.3, 0.4) is 0 Å². The smallest absolute Gasteiger partial charge is 0.131 e. The first-order valence-electron chi connectivity index (χ1n) is 4.33. The second-order valence-electron chi connectivity index (χ2n) is 3.26. The lowest BCUT2D eigenvalue weighted by molar-refractivity contribution is 0.612. The number of aromatic nitrogens is 2. The quantitative estimate of drug-likeness (QED) is 0.664. The topological polar surface area (TPSA) is 37.8 Å². The van der Waals surface area contributed by atoms with E-state index in [0.29, 0.717) is 5.92 Å². The van der Waals surface area contributed by atoms with Crippen molar-refractivity contribution in [1.82, 2.24) is 9.97 Å². The number of anilines is 1. The summed E-state index contributed by atoms with van der Waals surface area (Å²) in [6, 6.07) is 1.80. The summed E-state index contributed by atoms with van der Waals surface area (Å²) in [6.45, 7) is 4.13. The number of terminal acetylenes is 1. The van der Waals surface area contributed by atoms with Crippen LogP contribution in [0.2, 0.25) is 0 Å². The Morgan fingerprint density at radius 1 is 1.50 bits per heavy atom. The average Bonchev–Trinajstić information content (AvgIpc) is 2.14. The van der Waals surface area contributed by atoms with E-state index in [0.717, 1.165) is 10.4 Å². The summed E-state index contributed by atoms with van der Waals surface area (Å²) in [7, 11) is 0. The van der Waals surface area contributed by atoms with Crippen LogP contribution in [0.1, 0.15) is 13.8 Å². The molecule has 0 aliphatic heterocycles. The van der Waals surface area contributed by atoms with Crippen molar-refractivity contribution in [2.75, 3.05) is 5.32 Å². The minimum Gasteiger partial charge on any atom is -0.356 e. The number of nitrogens with one attached hydrogen (secondary N) is 1. The molecule has 0 saturated heterocycles. The zero-order valence-electron chi connectivity index (χ0n) is 8.16. The largest absolute Gasteiger partial charge is 0.356 e. The molecule has 1 N–H and O–H groups in total. The van der Waals surface area contributed by atoms with Gasteiger partial charge in [0.15, 0.2) is 0 Å². The van der Waals surface area contributed by atoms with Gasteiger partial charge in [-0.1, -0.05) is 19.8 Å². The Morgan fingerprint density at radius 2 is 2.21 bits per heavy atom. The summed E-state index contributed by atoms with van der Waals surface area (Å²) in [5.74, 6) is 3.79. The summed E-state index contributed by atoms with van der Waals surface area (Å²) in [5.41, 5.74) is 0. The monoisotopic (exact) mass is 253 g/mol. The zero-order valence-corrected chi connectivity index (χ0v) is 9.75. The van der Waals surface area contributed by atoms with Crippen molar-refractivity contribution >= 4 is 21.7 Å². The summed E-state index contributed by atoms with van der Waals surface area (Å²) in [6.07, 6.45) is 6.88. The Hall–Kier alpha value is -1.08. The molecule has 0 spiro atoms. The van der Waals surface area contributed by atoms with Crippen molar-refractivity contribution in [2.24, 2.45) is 5.92 Å². The fraction of sp³-hybridized carbons (Fsp3) is 0.400. The Bertz CT molecular complexity index is 343. The summed E-state index contributed by atoms with van der Waals surface area (Å²) in [4.78, 5) is 7.99. The van der Waals surface area contributed by atoms with E-state index in [4.69, 9.17) is 6.42 Å². The van der Waals surface area contributed by atoms with Gasteiger partial charge in [-0.25, -0.2) is 9.97 Å². The van der Waals surface area contributed by atoms with Crippen LogP contribution in [0.5, 0.6) is 0 Å². The number of nitrogens with zero attached hydrogens (tertiary/aromatic N) is 2. The van der Waals surface area contributed by atoms with Gasteiger partial charge in [-0.05, 0) is 21.8 Å². The highest BCUT2D eigenvalue weighted by atomic mass is 79.9. The van der Waals surface area contributed by atoms with Crippen molar-refractivity contribution in [1.29, 1.82) is 0 Å². The van der Waals surface area contributed by atoms with E-state index in [-0.39, 0.29) is 6.04 Å². The molecule has 1 rings (SSSR count). The normalized spacial score (nSPS) is 12.2. The molecule has 1 aromatic rings. The standard InChI is InChI=1S/C10H12BrN3/c1-4-8(7(2)3)14-10-5-9(11)12-6-13-10/h1,5-8H,2-3H3,(H,12,13,14). The van der Waals surface area contributed by atoms with Crippen LogP contribution in [-0.4, -0.2) is 16.0 Å². The Balaban J connectivity index is 2.73. The second-order valence-corrected chi connectivity index (χ2v) is 4.07. The third-order valence-electron chi connectivity index (χ3n) is 1.78. The predicted molar refractivity (Wildman–Crippen MR) is 60.8 cm³/mol. The van der Waals surface area contributed by atoms with E-state index in [1.54, 1.807) is 6.07 Å². The molecule has 1 heterocycles. The maximum Gasteiger partial charge on any atom is 0.131 e. The van der Waals surface area contributed by atoms with E-state index in [1.807, 2.05) is 0 Å². The van der Waals surface area contributed by atoms with Gasteiger partial charge in [-0.15, -0.1) is 6.42 Å². The van der Waals surface area contributed by atoms with E-state index in [9.17, 15) is 0 Å². The van der Waals surface area contributed by atoms with E-state index in [2.05, 4.69) is 51.0 Å². The molecule has 0 bridgehead atoms. The lowest BCUT2D eigenvalue weighted by Crippen LogP contribution is -2.24. The third kappa shape index (κ3) is 3.00. The van der Waals surface area contributed by atoms with E-state index < -0.39 is 0 Å². The highest BCUT2D eigenvalue weighted by Crippen LogP contribution is 2.12. The van der Waals surface area contributed by atoms with Gasteiger partial charge in [0.25, 0.3) is 0 Å². The van der Waals surface area contributed by atoms with Crippen LogP contribution < -0.4 is 5.32 Å². The first-order chi connectivity index (χ1) is 6.63. The highest BCUT2D eigenvalue weighted by molar-refractivity contribution is 9.10. The van der Waals surface area contributed by atoms with Crippen LogP contribution in [0, 0.1) is 18.3 Å². The van der Waals surface area contributed by atoms with Gasteiger partial charge in [0, 0.05) is 6.07 Å². The van der Waals surface area contributed by atoms with Gasteiger partial charge in [0.2, 0.25) is 0 Å². The maximum absolute atomic E-state index is 5.39. The minimum absolute atomic E-state index is 0.00296. The SMILES string of the molecule is C#CC(Nc1cc(Br)ncn1)C(C)C. The lowest BCUT2D eigenvalue weighted by Gasteiger charge is -2.16. The van der Waals surface area contributed by atoms with E-state index in [1.165, 1.54) is 6.33 Å². The number of halogens is 1. The van der Waals surface area contributed by atoms with Gasteiger partial charge in [0.05, 0.1) is 6.04 Å². The maximum atomic E-state index is 5.39. The highest BCUT2D eigenvalue weighted by Gasteiger charge is 2.09. The minimum atomic E-state index is -0.00296. The van der Waals surface area contributed by atoms with Gasteiger partial charge >= 0.3 is 0 Å². The molecule has 0 amide bonds. The van der Waals surface area contributed by atoms with Crippen LogP contribution in [0.4, 0.5) is 5.82 Å². The van der Waals surface area contributed by atoms with Crippen molar-refractivity contribution in [3.05, 3.63) is 17.0 Å². The molecule has 0 aliphatic carbocycles. The Kier molecular flexibility index (Phi) is 3.90. The molecule has 0 radical (unpaired) electrons. The molecule has 74 valence electrons. The molecular weight excluding hydrogens is 242 g/mol. The molecule has 1 atom stereocenters. The van der Waals surface area contributed by atoms with Gasteiger partial charge in [-0.2, -0.15) is 0 Å². The lowest BCUT2D eigenvalue weighted by atomic mass is 10.1. The van der Waals surface area contributed by atoms with Crippen LogP contribution >= 0.6 is 15.9 Å². The molecule has 4 heteroatoms. The second kappa shape index (κ2) is 4.97. The van der Waals surface area contributed by atoms with Crippen LogP contribution in [0.25, 0.3) is 0 Å². The van der Waals surface area contributed by atoms with Crippen molar-refractivity contribution in [2.45, 2.75) is 19.9 Å². The fourth-order valence-corrected chi connectivity index (χ4v) is 1.28. The molecule has 0 aliphatic rings.